The van der Waals surface area contributed by atoms with E-state index < -0.39 is 17.6 Å². The molecule has 0 aliphatic carbocycles. The van der Waals surface area contributed by atoms with Gasteiger partial charge in [-0.25, -0.2) is 13.6 Å². The molecule has 0 saturated heterocycles. The summed E-state index contributed by atoms with van der Waals surface area (Å²) in [5.74, 6) is -1.96. The number of nitrogens with zero attached hydrogens (tertiary/aromatic N) is 1. The van der Waals surface area contributed by atoms with Crippen molar-refractivity contribution in [2.24, 2.45) is 0 Å². The number of rotatable bonds is 6. The summed E-state index contributed by atoms with van der Waals surface area (Å²) in [6.07, 6.45) is 3.14. The number of carbonyl (C=O) groups is 1. The van der Waals surface area contributed by atoms with Crippen LogP contribution in [-0.2, 0) is 13.0 Å². The first-order chi connectivity index (χ1) is 12.9. The van der Waals surface area contributed by atoms with E-state index in [2.05, 4.69) is 4.98 Å². The molecule has 2 aromatic carbocycles. The first kappa shape index (κ1) is 18.8. The van der Waals surface area contributed by atoms with Crippen molar-refractivity contribution < 1.29 is 23.4 Å². The van der Waals surface area contributed by atoms with Gasteiger partial charge < -0.3 is 9.84 Å². The largest absolute Gasteiger partial charge is 0.489 e. The van der Waals surface area contributed by atoms with Crippen molar-refractivity contribution in [1.29, 1.82) is 0 Å². The van der Waals surface area contributed by atoms with Crippen molar-refractivity contribution in [3.8, 4) is 5.75 Å². The topological polar surface area (TPSA) is 59.4 Å². The van der Waals surface area contributed by atoms with Gasteiger partial charge in [0.15, 0.2) is 0 Å². The normalized spacial score (nSPS) is 10.6. The molecule has 1 N–H and O–H groups in total. The molecule has 0 aliphatic rings. The number of ether oxygens (including phenoxy) is 1. The molecule has 3 aromatic rings. The average molecular weight is 390 g/mol. The van der Waals surface area contributed by atoms with E-state index >= 15 is 0 Å². The molecule has 0 bridgehead atoms. The molecule has 0 radical (unpaired) electrons. The number of benzene rings is 2. The van der Waals surface area contributed by atoms with Gasteiger partial charge in [0.1, 0.15) is 24.0 Å². The predicted octanol–water partition coefficient (Wildman–Crippen LogP) is 4.88. The van der Waals surface area contributed by atoms with Gasteiger partial charge in [-0.15, -0.1) is 0 Å². The Morgan fingerprint density at radius 3 is 2.63 bits per heavy atom. The number of aromatic nitrogens is 1. The fourth-order valence-corrected chi connectivity index (χ4v) is 2.74. The van der Waals surface area contributed by atoms with Crippen LogP contribution in [-0.4, -0.2) is 16.1 Å². The minimum atomic E-state index is -1.07. The minimum absolute atomic E-state index is 0.0744. The molecule has 0 spiro atoms. The first-order valence-corrected chi connectivity index (χ1v) is 8.32. The Balaban J connectivity index is 1.82. The lowest BCUT2D eigenvalue weighted by atomic mass is 10.0. The summed E-state index contributed by atoms with van der Waals surface area (Å²) < 4.78 is 32.5. The Kier molecular flexibility index (Phi) is 5.66. The number of hydrogen-bond acceptors (Lipinski definition) is 3. The highest BCUT2D eigenvalue weighted by molar-refractivity contribution is 6.30. The molecule has 138 valence electrons. The second-order valence-corrected chi connectivity index (χ2v) is 6.28. The highest BCUT2D eigenvalue weighted by Crippen LogP contribution is 2.27. The lowest BCUT2D eigenvalue weighted by Gasteiger charge is -2.13. The number of hydrogen-bond donors (Lipinski definition) is 1. The Morgan fingerprint density at radius 2 is 1.89 bits per heavy atom. The van der Waals surface area contributed by atoms with Crippen LogP contribution >= 0.6 is 11.6 Å². The van der Waals surface area contributed by atoms with Crippen molar-refractivity contribution in [1.82, 2.24) is 4.98 Å². The van der Waals surface area contributed by atoms with Crippen molar-refractivity contribution in [3.05, 3.63) is 93.8 Å². The van der Waals surface area contributed by atoms with Gasteiger partial charge >= 0.3 is 5.97 Å². The zero-order valence-corrected chi connectivity index (χ0v) is 14.7. The van der Waals surface area contributed by atoms with Crippen LogP contribution in [0.3, 0.4) is 0 Å². The summed E-state index contributed by atoms with van der Waals surface area (Å²) in [6, 6.07) is 9.75. The van der Waals surface area contributed by atoms with Crippen molar-refractivity contribution in [3.63, 3.8) is 0 Å². The maximum Gasteiger partial charge on any atom is 0.337 e. The molecular weight excluding hydrogens is 376 g/mol. The van der Waals surface area contributed by atoms with Crippen molar-refractivity contribution in [2.45, 2.75) is 13.0 Å². The molecule has 7 heteroatoms. The Hall–Kier alpha value is -2.99. The molecule has 1 heterocycles. The average Bonchev–Trinajstić information content (AvgIpc) is 2.62. The summed E-state index contributed by atoms with van der Waals surface area (Å²) in [5.41, 5.74) is 1.64. The zero-order chi connectivity index (χ0) is 19.4. The van der Waals surface area contributed by atoms with E-state index in [4.69, 9.17) is 21.4 Å². The summed E-state index contributed by atoms with van der Waals surface area (Å²) in [4.78, 5) is 15.0. The van der Waals surface area contributed by atoms with Crippen molar-refractivity contribution >= 4 is 17.6 Å². The van der Waals surface area contributed by atoms with Crippen LogP contribution in [0.1, 0.15) is 27.0 Å². The van der Waals surface area contributed by atoms with Crippen LogP contribution in [0.5, 0.6) is 5.75 Å². The Labute approximate surface area is 159 Å². The third-order valence-electron chi connectivity index (χ3n) is 3.86. The highest BCUT2D eigenvalue weighted by atomic mass is 35.5. The predicted molar refractivity (Wildman–Crippen MR) is 96.1 cm³/mol. The minimum Gasteiger partial charge on any atom is -0.489 e. The number of pyridine rings is 1. The van der Waals surface area contributed by atoms with Crippen LogP contribution in [0.25, 0.3) is 0 Å². The number of halogens is 3. The lowest BCUT2D eigenvalue weighted by molar-refractivity contribution is 0.0696. The lowest BCUT2D eigenvalue weighted by Crippen LogP contribution is -2.03. The van der Waals surface area contributed by atoms with Gasteiger partial charge in [0.25, 0.3) is 0 Å². The van der Waals surface area contributed by atoms with E-state index in [9.17, 15) is 13.6 Å². The van der Waals surface area contributed by atoms with E-state index in [1.807, 2.05) is 0 Å². The highest BCUT2D eigenvalue weighted by Gasteiger charge is 2.11. The van der Waals surface area contributed by atoms with E-state index in [0.717, 1.165) is 12.1 Å². The third-order valence-corrected chi connectivity index (χ3v) is 4.09. The molecule has 0 fully saturated rings. The van der Waals surface area contributed by atoms with Crippen molar-refractivity contribution in [2.75, 3.05) is 0 Å². The number of carboxylic acids is 1. The smallest absolute Gasteiger partial charge is 0.337 e. The third kappa shape index (κ3) is 4.80. The zero-order valence-electron chi connectivity index (χ0n) is 14.0. The second kappa shape index (κ2) is 8.14. The van der Waals surface area contributed by atoms with Crippen LogP contribution in [0, 0.1) is 11.6 Å². The van der Waals surface area contributed by atoms with Crippen LogP contribution in [0.15, 0.2) is 54.9 Å². The molecule has 0 saturated carbocycles. The summed E-state index contributed by atoms with van der Waals surface area (Å²) in [5, 5.41) is 9.56. The molecule has 0 aliphatic heterocycles. The van der Waals surface area contributed by atoms with E-state index in [0.29, 0.717) is 28.3 Å². The molecule has 1 aromatic heterocycles. The SMILES string of the molecule is O=C(O)c1cncc(Cc2cc(Cl)ccc2OCc2ccc(F)cc2F)c1. The standard InChI is InChI=1S/C20H14ClF2NO3/c21-16-2-4-19(27-11-13-1-3-17(22)8-18(13)23)14(7-16)5-12-6-15(20(25)26)10-24-9-12/h1-4,6-10H,5,11H2,(H,25,26). The van der Waals surface area contributed by atoms with Crippen LogP contribution < -0.4 is 4.74 Å². The summed E-state index contributed by atoms with van der Waals surface area (Å²) in [6.45, 7) is -0.0891. The molecule has 4 nitrogen and oxygen atoms in total. The second-order valence-electron chi connectivity index (χ2n) is 5.84. The molecular formula is C20H14ClF2NO3. The van der Waals surface area contributed by atoms with Gasteiger partial charge in [-0.05, 0) is 42.0 Å². The first-order valence-electron chi connectivity index (χ1n) is 7.95. The van der Waals surface area contributed by atoms with Gasteiger partial charge in [0, 0.05) is 41.0 Å². The fourth-order valence-electron chi connectivity index (χ4n) is 2.54. The van der Waals surface area contributed by atoms with Gasteiger partial charge in [-0.1, -0.05) is 11.6 Å². The van der Waals surface area contributed by atoms with Gasteiger partial charge in [0.05, 0.1) is 5.56 Å². The van der Waals surface area contributed by atoms with Crippen LogP contribution in [0.4, 0.5) is 8.78 Å². The van der Waals surface area contributed by atoms with E-state index in [1.165, 1.54) is 18.3 Å². The maximum atomic E-state index is 13.8. The Bertz CT molecular complexity index is 995. The molecule has 3 rings (SSSR count). The van der Waals surface area contributed by atoms with Crippen LogP contribution in [0.2, 0.25) is 5.02 Å². The van der Waals surface area contributed by atoms with E-state index in [-0.39, 0.29) is 17.7 Å². The molecule has 0 amide bonds. The number of aromatic carboxylic acids is 1. The molecule has 0 atom stereocenters. The summed E-state index contributed by atoms with van der Waals surface area (Å²) >= 11 is 6.06. The van der Waals surface area contributed by atoms with Gasteiger partial charge in [0.2, 0.25) is 0 Å². The van der Waals surface area contributed by atoms with Gasteiger partial charge in [-0.3, -0.25) is 4.98 Å². The quantitative estimate of drug-likeness (QED) is 0.652. The number of carboxylic acid groups (broad SMARTS) is 1. The summed E-state index contributed by atoms with van der Waals surface area (Å²) in [7, 11) is 0. The monoisotopic (exact) mass is 389 g/mol. The Morgan fingerprint density at radius 1 is 1.07 bits per heavy atom. The van der Waals surface area contributed by atoms with E-state index in [1.54, 1.807) is 24.4 Å². The molecule has 0 unspecified atom stereocenters. The molecule has 27 heavy (non-hydrogen) atoms. The maximum absolute atomic E-state index is 13.8. The van der Waals surface area contributed by atoms with Gasteiger partial charge in [-0.2, -0.15) is 0 Å². The fraction of sp³-hybridized carbons (Fsp3) is 0.100.